The Morgan fingerprint density at radius 2 is 2.37 bits per heavy atom. The molecule has 1 aromatic carbocycles. The molecule has 1 aromatic rings. The van der Waals surface area contributed by atoms with E-state index in [1.165, 1.54) is 0 Å². The zero-order valence-corrected chi connectivity index (χ0v) is 11.4. The van der Waals surface area contributed by atoms with Crippen LogP contribution in [0.4, 0.5) is 0 Å². The first-order valence-electron chi connectivity index (χ1n) is 6.21. The molecule has 0 bridgehead atoms. The SMILES string of the molecule is C[C@@H](Oc1cccc(Cl)c1)C(=O)N(CC#N)C1CC1. The summed E-state index contributed by atoms with van der Waals surface area (Å²) in [7, 11) is 0. The molecule has 0 radical (unpaired) electrons. The number of carbonyl (C=O) groups is 1. The summed E-state index contributed by atoms with van der Waals surface area (Å²) in [6, 6.07) is 9.16. The van der Waals surface area contributed by atoms with Crippen molar-refractivity contribution in [3.05, 3.63) is 29.3 Å². The molecule has 1 fully saturated rings. The van der Waals surface area contributed by atoms with Gasteiger partial charge in [-0.25, -0.2) is 0 Å². The minimum atomic E-state index is -0.618. The van der Waals surface area contributed by atoms with E-state index in [1.807, 2.05) is 6.07 Å². The van der Waals surface area contributed by atoms with Crippen LogP contribution >= 0.6 is 11.6 Å². The van der Waals surface area contributed by atoms with E-state index >= 15 is 0 Å². The van der Waals surface area contributed by atoms with Crippen LogP contribution in [0.25, 0.3) is 0 Å². The fourth-order valence-electron chi connectivity index (χ4n) is 1.88. The van der Waals surface area contributed by atoms with Crippen molar-refractivity contribution in [1.29, 1.82) is 5.26 Å². The number of hydrogen-bond donors (Lipinski definition) is 0. The van der Waals surface area contributed by atoms with Crippen molar-refractivity contribution in [1.82, 2.24) is 4.90 Å². The Labute approximate surface area is 117 Å². The van der Waals surface area contributed by atoms with Gasteiger partial charge in [-0.1, -0.05) is 17.7 Å². The van der Waals surface area contributed by atoms with Gasteiger partial charge in [-0.3, -0.25) is 4.79 Å². The van der Waals surface area contributed by atoms with Gasteiger partial charge < -0.3 is 9.64 Å². The Morgan fingerprint density at radius 3 is 2.95 bits per heavy atom. The van der Waals surface area contributed by atoms with Gasteiger partial charge in [0.05, 0.1) is 6.07 Å². The summed E-state index contributed by atoms with van der Waals surface area (Å²) in [6.45, 7) is 1.81. The predicted molar refractivity (Wildman–Crippen MR) is 71.9 cm³/mol. The molecule has 1 amide bonds. The van der Waals surface area contributed by atoms with Gasteiger partial charge in [0.1, 0.15) is 12.3 Å². The molecule has 0 unspecified atom stereocenters. The highest BCUT2D eigenvalue weighted by Crippen LogP contribution is 2.27. The number of benzene rings is 1. The number of ether oxygens (including phenoxy) is 1. The van der Waals surface area contributed by atoms with Crippen molar-refractivity contribution < 1.29 is 9.53 Å². The van der Waals surface area contributed by atoms with Gasteiger partial charge in [-0.2, -0.15) is 5.26 Å². The summed E-state index contributed by atoms with van der Waals surface area (Å²) >= 11 is 5.86. The number of nitrogens with zero attached hydrogens (tertiary/aromatic N) is 2. The third-order valence-electron chi connectivity index (χ3n) is 2.97. The van der Waals surface area contributed by atoms with Crippen LogP contribution < -0.4 is 4.74 Å². The zero-order chi connectivity index (χ0) is 13.8. The van der Waals surface area contributed by atoms with Crippen LogP contribution in [0.2, 0.25) is 5.02 Å². The molecular formula is C14H15ClN2O2. The lowest BCUT2D eigenvalue weighted by atomic mass is 10.3. The van der Waals surface area contributed by atoms with Gasteiger partial charge in [-0.05, 0) is 38.0 Å². The van der Waals surface area contributed by atoms with Gasteiger partial charge in [0, 0.05) is 11.1 Å². The normalized spacial score (nSPS) is 15.4. The molecular weight excluding hydrogens is 264 g/mol. The molecule has 0 spiro atoms. The van der Waals surface area contributed by atoms with Crippen LogP contribution in [0, 0.1) is 11.3 Å². The molecule has 5 heteroatoms. The average Bonchev–Trinajstić information content (AvgIpc) is 3.19. The van der Waals surface area contributed by atoms with Crippen LogP contribution in [0.3, 0.4) is 0 Å². The summed E-state index contributed by atoms with van der Waals surface area (Å²) in [5, 5.41) is 9.33. The van der Waals surface area contributed by atoms with Crippen LogP contribution in [0.15, 0.2) is 24.3 Å². The second-order valence-corrected chi connectivity index (χ2v) is 5.01. The van der Waals surface area contributed by atoms with E-state index in [2.05, 4.69) is 0 Å². The smallest absolute Gasteiger partial charge is 0.264 e. The maximum Gasteiger partial charge on any atom is 0.264 e. The fraction of sp³-hybridized carbons (Fsp3) is 0.429. The molecule has 1 saturated carbocycles. The molecule has 4 nitrogen and oxygen atoms in total. The molecule has 0 heterocycles. The molecule has 19 heavy (non-hydrogen) atoms. The lowest BCUT2D eigenvalue weighted by molar-refractivity contribution is -0.137. The lowest BCUT2D eigenvalue weighted by Gasteiger charge is -2.23. The molecule has 100 valence electrons. The average molecular weight is 279 g/mol. The summed E-state index contributed by atoms with van der Waals surface area (Å²) in [5.41, 5.74) is 0. The van der Waals surface area contributed by atoms with Crippen LogP contribution in [0.1, 0.15) is 19.8 Å². The third-order valence-corrected chi connectivity index (χ3v) is 3.20. The fourth-order valence-corrected chi connectivity index (χ4v) is 2.06. The molecule has 0 N–H and O–H groups in total. The maximum atomic E-state index is 12.2. The topological polar surface area (TPSA) is 53.3 Å². The highest BCUT2D eigenvalue weighted by molar-refractivity contribution is 6.30. The van der Waals surface area contributed by atoms with Crippen molar-refractivity contribution in [2.45, 2.75) is 31.9 Å². The first-order chi connectivity index (χ1) is 9.11. The van der Waals surface area contributed by atoms with E-state index in [0.29, 0.717) is 10.8 Å². The van der Waals surface area contributed by atoms with Crippen molar-refractivity contribution in [2.24, 2.45) is 0 Å². The van der Waals surface area contributed by atoms with Gasteiger partial charge in [0.25, 0.3) is 5.91 Å². The van der Waals surface area contributed by atoms with Crippen LogP contribution in [-0.2, 0) is 4.79 Å². The first kappa shape index (κ1) is 13.7. The minimum Gasteiger partial charge on any atom is -0.481 e. The Hall–Kier alpha value is -1.73. The van der Waals surface area contributed by atoms with Gasteiger partial charge in [0.2, 0.25) is 0 Å². The van der Waals surface area contributed by atoms with Crippen molar-refractivity contribution in [2.75, 3.05) is 6.54 Å². The highest BCUT2D eigenvalue weighted by Gasteiger charge is 2.35. The summed E-state index contributed by atoms with van der Waals surface area (Å²) in [4.78, 5) is 13.8. The third kappa shape index (κ3) is 3.62. The largest absolute Gasteiger partial charge is 0.481 e. The van der Waals surface area contributed by atoms with E-state index in [9.17, 15) is 4.79 Å². The number of nitriles is 1. The van der Waals surface area contributed by atoms with E-state index < -0.39 is 6.10 Å². The molecule has 2 rings (SSSR count). The van der Waals surface area contributed by atoms with Crippen molar-refractivity contribution in [3.63, 3.8) is 0 Å². The second kappa shape index (κ2) is 5.94. The lowest BCUT2D eigenvalue weighted by Crippen LogP contribution is -2.42. The molecule has 1 aliphatic rings. The van der Waals surface area contributed by atoms with E-state index in [0.717, 1.165) is 12.8 Å². The number of halogens is 1. The number of carbonyl (C=O) groups excluding carboxylic acids is 1. The molecule has 1 atom stereocenters. The molecule has 0 aliphatic heterocycles. The first-order valence-corrected chi connectivity index (χ1v) is 6.59. The van der Waals surface area contributed by atoms with Crippen LogP contribution in [0.5, 0.6) is 5.75 Å². The Bertz CT molecular complexity index is 508. The minimum absolute atomic E-state index is 0.118. The van der Waals surface area contributed by atoms with Crippen molar-refractivity contribution >= 4 is 17.5 Å². The van der Waals surface area contributed by atoms with E-state index in [1.54, 1.807) is 36.1 Å². The standard InChI is InChI=1S/C14H15ClN2O2/c1-10(19-13-4-2-3-11(15)9-13)14(18)17(8-7-16)12-5-6-12/h2-4,9-10,12H,5-6,8H2,1H3/t10-/m1/s1. The van der Waals surface area contributed by atoms with Gasteiger partial charge in [-0.15, -0.1) is 0 Å². The quantitative estimate of drug-likeness (QED) is 0.778. The predicted octanol–water partition coefficient (Wildman–Crippen LogP) is 2.62. The number of amides is 1. The highest BCUT2D eigenvalue weighted by atomic mass is 35.5. The summed E-state index contributed by atoms with van der Waals surface area (Å²) in [6.07, 6.45) is 1.32. The monoisotopic (exact) mass is 278 g/mol. The van der Waals surface area contributed by atoms with E-state index in [-0.39, 0.29) is 18.5 Å². The second-order valence-electron chi connectivity index (χ2n) is 4.57. The summed E-state index contributed by atoms with van der Waals surface area (Å²) < 4.78 is 5.58. The molecule has 1 aliphatic carbocycles. The molecule has 0 aromatic heterocycles. The number of hydrogen-bond acceptors (Lipinski definition) is 3. The molecule has 0 saturated heterocycles. The number of rotatable bonds is 5. The Kier molecular flexibility index (Phi) is 4.28. The maximum absolute atomic E-state index is 12.2. The Morgan fingerprint density at radius 1 is 1.63 bits per heavy atom. The van der Waals surface area contributed by atoms with Crippen molar-refractivity contribution in [3.8, 4) is 11.8 Å². The van der Waals surface area contributed by atoms with E-state index in [4.69, 9.17) is 21.6 Å². The van der Waals surface area contributed by atoms with Crippen LogP contribution in [-0.4, -0.2) is 29.5 Å². The Balaban J connectivity index is 2.00. The van der Waals surface area contributed by atoms with Gasteiger partial charge in [0.15, 0.2) is 6.10 Å². The summed E-state index contributed by atoms with van der Waals surface area (Å²) in [5.74, 6) is 0.407. The van der Waals surface area contributed by atoms with Gasteiger partial charge >= 0.3 is 0 Å². The zero-order valence-electron chi connectivity index (χ0n) is 10.7.